The van der Waals surface area contributed by atoms with Gasteiger partial charge in [-0.05, 0) is 39.7 Å². The molecule has 0 aliphatic carbocycles. The molecule has 2 heterocycles. The first kappa shape index (κ1) is 17.0. The van der Waals surface area contributed by atoms with Crippen molar-refractivity contribution in [2.24, 2.45) is 0 Å². The summed E-state index contributed by atoms with van der Waals surface area (Å²) in [6, 6.07) is 2.74. The molecule has 1 amide bonds. The fourth-order valence-corrected chi connectivity index (χ4v) is 3.04. The van der Waals surface area contributed by atoms with Gasteiger partial charge >= 0.3 is 6.09 Å². The molecule has 0 spiro atoms. The van der Waals surface area contributed by atoms with Crippen molar-refractivity contribution < 1.29 is 13.9 Å². The van der Waals surface area contributed by atoms with Crippen LogP contribution < -0.4 is 0 Å². The minimum Gasteiger partial charge on any atom is -0.444 e. The van der Waals surface area contributed by atoms with E-state index in [2.05, 4.69) is 10.3 Å². The molecule has 1 atom stereocenters. The maximum atomic E-state index is 13.5. The fourth-order valence-electron chi connectivity index (χ4n) is 2.88. The first-order chi connectivity index (χ1) is 11.2. The summed E-state index contributed by atoms with van der Waals surface area (Å²) in [4.78, 5) is 14.1. The molecule has 8 heteroatoms. The quantitative estimate of drug-likeness (QED) is 0.826. The number of hydrogen-bond acceptors (Lipinski definition) is 4. The molecular weight excluding hydrogens is 335 g/mol. The van der Waals surface area contributed by atoms with Crippen LogP contribution >= 0.6 is 11.6 Å². The highest BCUT2D eigenvalue weighted by Crippen LogP contribution is 2.25. The number of carbonyl (C=O) groups excluding carboxylic acids is 1. The highest BCUT2D eigenvalue weighted by molar-refractivity contribution is 6.31. The number of ether oxygens (including phenoxy) is 1. The average molecular weight is 355 g/mol. The van der Waals surface area contributed by atoms with Crippen LogP contribution in [0.2, 0.25) is 5.02 Å². The van der Waals surface area contributed by atoms with Crippen LogP contribution in [-0.2, 0) is 11.3 Å². The number of rotatable bonds is 2. The van der Waals surface area contributed by atoms with Crippen molar-refractivity contribution in [3.63, 3.8) is 0 Å². The fraction of sp³-hybridized carbons (Fsp3) is 0.562. The molecule has 2 aromatic rings. The van der Waals surface area contributed by atoms with E-state index in [9.17, 15) is 9.18 Å². The molecule has 0 N–H and O–H groups in total. The predicted molar refractivity (Wildman–Crippen MR) is 88.5 cm³/mol. The smallest absolute Gasteiger partial charge is 0.410 e. The first-order valence-corrected chi connectivity index (χ1v) is 8.30. The summed E-state index contributed by atoms with van der Waals surface area (Å²) < 4.78 is 20.6. The Bertz CT molecular complexity index is 771. The Morgan fingerprint density at radius 2 is 2.21 bits per heavy atom. The van der Waals surface area contributed by atoms with E-state index in [4.69, 9.17) is 16.3 Å². The predicted octanol–water partition coefficient (Wildman–Crippen LogP) is 3.62. The molecule has 0 bridgehead atoms. The lowest BCUT2D eigenvalue weighted by Gasteiger charge is -2.28. The highest BCUT2D eigenvalue weighted by atomic mass is 35.5. The summed E-state index contributed by atoms with van der Waals surface area (Å²) in [5.41, 5.74) is 0.561. The number of likely N-dealkylation sites (tertiary alicyclic amines) is 1. The summed E-state index contributed by atoms with van der Waals surface area (Å²) in [5.74, 6) is -0.521. The SMILES string of the molecule is CC(C)(C)OC(=O)N1CCCC1Cn1nnc2cc(F)c(Cl)cc21. The van der Waals surface area contributed by atoms with Crippen molar-refractivity contribution in [2.75, 3.05) is 6.54 Å². The van der Waals surface area contributed by atoms with Gasteiger partial charge in [0.2, 0.25) is 0 Å². The van der Waals surface area contributed by atoms with Crippen molar-refractivity contribution in [1.29, 1.82) is 0 Å². The van der Waals surface area contributed by atoms with Crippen molar-refractivity contribution in [2.45, 2.75) is 51.8 Å². The lowest BCUT2D eigenvalue weighted by Crippen LogP contribution is -2.41. The van der Waals surface area contributed by atoms with Gasteiger partial charge in [-0.15, -0.1) is 5.10 Å². The van der Waals surface area contributed by atoms with E-state index in [1.165, 1.54) is 12.1 Å². The number of amides is 1. The molecule has 1 aliphatic heterocycles. The van der Waals surface area contributed by atoms with Gasteiger partial charge in [0.05, 0.1) is 23.1 Å². The summed E-state index contributed by atoms with van der Waals surface area (Å²) >= 11 is 5.86. The number of fused-ring (bicyclic) bond motifs is 1. The van der Waals surface area contributed by atoms with Crippen LogP contribution in [0.5, 0.6) is 0 Å². The number of hydrogen-bond donors (Lipinski definition) is 0. The largest absolute Gasteiger partial charge is 0.444 e. The molecule has 0 radical (unpaired) electrons. The third kappa shape index (κ3) is 3.45. The Morgan fingerprint density at radius 1 is 1.46 bits per heavy atom. The summed E-state index contributed by atoms with van der Waals surface area (Å²) in [6.45, 7) is 6.66. The third-order valence-corrected chi connectivity index (χ3v) is 4.23. The molecule has 3 rings (SSSR count). The molecule has 1 saturated heterocycles. The number of aromatic nitrogens is 3. The van der Waals surface area contributed by atoms with E-state index < -0.39 is 11.4 Å². The Labute approximate surface area is 144 Å². The topological polar surface area (TPSA) is 60.2 Å². The molecule has 1 unspecified atom stereocenters. The molecule has 1 fully saturated rings. The van der Waals surface area contributed by atoms with Gasteiger partial charge < -0.3 is 9.64 Å². The zero-order valence-corrected chi connectivity index (χ0v) is 14.7. The van der Waals surface area contributed by atoms with Gasteiger partial charge in [-0.25, -0.2) is 13.9 Å². The Hall–Kier alpha value is -1.89. The van der Waals surface area contributed by atoms with Crippen LogP contribution in [0.25, 0.3) is 11.0 Å². The van der Waals surface area contributed by atoms with E-state index in [1.807, 2.05) is 20.8 Å². The van der Waals surface area contributed by atoms with Crippen molar-refractivity contribution >= 4 is 28.7 Å². The van der Waals surface area contributed by atoms with Gasteiger partial charge in [0.1, 0.15) is 16.9 Å². The first-order valence-electron chi connectivity index (χ1n) is 7.92. The Balaban J connectivity index is 1.80. The maximum absolute atomic E-state index is 13.5. The Kier molecular flexibility index (Phi) is 4.38. The number of carbonyl (C=O) groups is 1. The maximum Gasteiger partial charge on any atom is 0.410 e. The standard InChI is InChI=1S/C16H20ClFN4O2/c1-16(2,3)24-15(23)21-6-4-5-10(21)9-22-14-7-11(17)12(18)8-13(14)19-20-22/h7-8,10H,4-6,9H2,1-3H3. The molecule has 0 saturated carbocycles. The number of benzene rings is 1. The van der Waals surface area contributed by atoms with E-state index >= 15 is 0 Å². The number of halogens is 2. The van der Waals surface area contributed by atoms with Crippen LogP contribution in [-0.4, -0.2) is 44.2 Å². The third-order valence-electron chi connectivity index (χ3n) is 3.94. The van der Waals surface area contributed by atoms with Crippen LogP contribution in [0.1, 0.15) is 33.6 Å². The minimum absolute atomic E-state index is 0.0291. The van der Waals surface area contributed by atoms with Gasteiger partial charge in [-0.3, -0.25) is 0 Å². The summed E-state index contributed by atoms with van der Waals surface area (Å²) in [6.07, 6.45) is 1.44. The van der Waals surface area contributed by atoms with Crippen molar-refractivity contribution in [3.05, 3.63) is 23.0 Å². The molecule has 1 aromatic heterocycles. The van der Waals surface area contributed by atoms with Crippen LogP contribution in [0.15, 0.2) is 12.1 Å². The normalized spacial score (nSPS) is 18.4. The van der Waals surface area contributed by atoms with E-state index in [-0.39, 0.29) is 17.2 Å². The zero-order valence-electron chi connectivity index (χ0n) is 13.9. The lowest BCUT2D eigenvalue weighted by molar-refractivity contribution is 0.0212. The van der Waals surface area contributed by atoms with Crippen LogP contribution in [0.3, 0.4) is 0 Å². The highest BCUT2D eigenvalue weighted by Gasteiger charge is 2.32. The van der Waals surface area contributed by atoms with Crippen LogP contribution in [0.4, 0.5) is 9.18 Å². The monoisotopic (exact) mass is 354 g/mol. The van der Waals surface area contributed by atoms with Gasteiger partial charge in [0, 0.05) is 12.6 Å². The van der Waals surface area contributed by atoms with E-state index in [0.29, 0.717) is 24.1 Å². The summed E-state index contributed by atoms with van der Waals surface area (Å²) in [5, 5.41) is 8.07. The van der Waals surface area contributed by atoms with E-state index in [1.54, 1.807) is 9.58 Å². The second-order valence-electron chi connectivity index (χ2n) is 7.00. The zero-order chi connectivity index (χ0) is 17.5. The van der Waals surface area contributed by atoms with Crippen LogP contribution in [0, 0.1) is 5.82 Å². The van der Waals surface area contributed by atoms with Gasteiger partial charge in [0.25, 0.3) is 0 Å². The van der Waals surface area contributed by atoms with E-state index in [0.717, 1.165) is 12.8 Å². The van der Waals surface area contributed by atoms with Crippen molar-refractivity contribution in [1.82, 2.24) is 19.9 Å². The average Bonchev–Trinajstić information content (AvgIpc) is 3.06. The molecule has 6 nitrogen and oxygen atoms in total. The Morgan fingerprint density at radius 3 is 2.92 bits per heavy atom. The number of nitrogens with zero attached hydrogens (tertiary/aromatic N) is 4. The molecule has 1 aromatic carbocycles. The van der Waals surface area contributed by atoms with Crippen molar-refractivity contribution in [3.8, 4) is 0 Å². The molecule has 130 valence electrons. The minimum atomic E-state index is -0.533. The van der Waals surface area contributed by atoms with Gasteiger partial charge in [-0.1, -0.05) is 16.8 Å². The van der Waals surface area contributed by atoms with Gasteiger partial charge in [0.15, 0.2) is 0 Å². The molecular formula is C16H20ClFN4O2. The second kappa shape index (κ2) is 6.20. The lowest BCUT2D eigenvalue weighted by atomic mass is 10.2. The molecule has 1 aliphatic rings. The summed E-state index contributed by atoms with van der Waals surface area (Å²) in [7, 11) is 0. The second-order valence-corrected chi connectivity index (χ2v) is 7.40. The van der Waals surface area contributed by atoms with Gasteiger partial charge in [-0.2, -0.15) is 0 Å². The molecule has 24 heavy (non-hydrogen) atoms.